The Balaban J connectivity index is 2.06. The number of hydrogen-bond acceptors (Lipinski definition) is 3. The lowest BCUT2D eigenvalue weighted by Gasteiger charge is -2.25. The van der Waals surface area contributed by atoms with Crippen molar-refractivity contribution in [2.45, 2.75) is 38.3 Å². The van der Waals surface area contributed by atoms with Gasteiger partial charge in [-0.25, -0.2) is 0 Å². The number of nitrogens with zero attached hydrogens (tertiary/aromatic N) is 1. The van der Waals surface area contributed by atoms with Crippen molar-refractivity contribution in [1.82, 2.24) is 4.90 Å². The van der Waals surface area contributed by atoms with Gasteiger partial charge in [-0.1, -0.05) is 12.8 Å². The summed E-state index contributed by atoms with van der Waals surface area (Å²) in [6.07, 6.45) is 4.53. The molecule has 0 amide bonds. The zero-order valence-corrected chi connectivity index (χ0v) is 13.0. The van der Waals surface area contributed by atoms with Crippen LogP contribution in [0.1, 0.15) is 31.4 Å². The summed E-state index contributed by atoms with van der Waals surface area (Å²) in [5, 5.41) is 8.99. The van der Waals surface area contributed by atoms with E-state index in [9.17, 15) is 4.79 Å². The minimum Gasteiger partial charge on any atom is -0.480 e. The normalized spacial score (nSPS) is 16.6. The lowest BCUT2D eigenvalue weighted by Crippen LogP contribution is -2.36. The third kappa shape index (κ3) is 3.59. The highest BCUT2D eigenvalue weighted by atomic mass is 79.9. The van der Waals surface area contributed by atoms with Gasteiger partial charge in [0, 0.05) is 6.04 Å². The maximum absolute atomic E-state index is 10.9. The molecule has 0 bridgehead atoms. The largest absolute Gasteiger partial charge is 0.480 e. The highest BCUT2D eigenvalue weighted by Gasteiger charge is 2.25. The van der Waals surface area contributed by atoms with E-state index in [1.165, 1.54) is 12.8 Å². The van der Waals surface area contributed by atoms with Crippen molar-refractivity contribution < 1.29 is 14.3 Å². The van der Waals surface area contributed by atoms with Crippen LogP contribution in [-0.4, -0.2) is 28.6 Å². The lowest BCUT2D eigenvalue weighted by atomic mass is 10.2. The standard InChI is InChI=1S/C12H15Br2NO3/c13-10-5-9(18-12(10)14)6-15(7-11(16)17)8-3-1-2-4-8/h5,8H,1-4,6-7H2,(H,16,17). The van der Waals surface area contributed by atoms with Gasteiger partial charge in [0.25, 0.3) is 0 Å². The predicted octanol–water partition coefficient (Wildman–Crippen LogP) is 3.63. The molecule has 0 spiro atoms. The van der Waals surface area contributed by atoms with Crippen LogP contribution in [-0.2, 0) is 11.3 Å². The quantitative estimate of drug-likeness (QED) is 0.847. The number of rotatable bonds is 5. The molecule has 1 fully saturated rings. The molecule has 1 aromatic heterocycles. The molecule has 100 valence electrons. The van der Waals surface area contributed by atoms with Crippen LogP contribution in [0.2, 0.25) is 0 Å². The van der Waals surface area contributed by atoms with Crippen LogP contribution in [0.3, 0.4) is 0 Å². The molecular weight excluding hydrogens is 366 g/mol. The van der Waals surface area contributed by atoms with Crippen LogP contribution < -0.4 is 0 Å². The van der Waals surface area contributed by atoms with Crippen molar-refractivity contribution in [2.75, 3.05) is 6.54 Å². The predicted molar refractivity (Wildman–Crippen MR) is 74.4 cm³/mol. The van der Waals surface area contributed by atoms with Crippen molar-refractivity contribution in [1.29, 1.82) is 0 Å². The molecule has 0 unspecified atom stereocenters. The van der Waals surface area contributed by atoms with Gasteiger partial charge < -0.3 is 9.52 Å². The molecular formula is C12H15Br2NO3. The maximum Gasteiger partial charge on any atom is 0.317 e. The van der Waals surface area contributed by atoms with Crippen LogP contribution in [0.15, 0.2) is 19.6 Å². The Morgan fingerprint density at radius 2 is 2.11 bits per heavy atom. The first-order valence-corrected chi connectivity index (χ1v) is 7.54. The summed E-state index contributed by atoms with van der Waals surface area (Å²) < 4.78 is 7.03. The minimum atomic E-state index is -0.786. The number of aliphatic carboxylic acids is 1. The third-order valence-corrected chi connectivity index (χ3v) is 4.94. The van der Waals surface area contributed by atoms with E-state index in [4.69, 9.17) is 9.52 Å². The lowest BCUT2D eigenvalue weighted by molar-refractivity contribution is -0.139. The van der Waals surface area contributed by atoms with Gasteiger partial charge in [0.05, 0.1) is 17.6 Å². The van der Waals surface area contributed by atoms with Gasteiger partial charge in [-0.05, 0) is 50.8 Å². The van der Waals surface area contributed by atoms with Gasteiger partial charge in [-0.2, -0.15) is 0 Å². The van der Waals surface area contributed by atoms with E-state index in [-0.39, 0.29) is 6.54 Å². The molecule has 1 aromatic rings. The SMILES string of the molecule is O=C(O)CN(Cc1cc(Br)c(Br)o1)C1CCCC1. The molecule has 1 N–H and O–H groups in total. The molecule has 6 heteroatoms. The number of halogens is 2. The molecule has 1 heterocycles. The molecule has 1 aliphatic rings. The summed E-state index contributed by atoms with van der Waals surface area (Å²) in [6, 6.07) is 2.25. The Morgan fingerprint density at radius 1 is 1.44 bits per heavy atom. The van der Waals surface area contributed by atoms with Gasteiger partial charge >= 0.3 is 5.97 Å². The van der Waals surface area contributed by atoms with Crippen LogP contribution >= 0.6 is 31.9 Å². The van der Waals surface area contributed by atoms with E-state index in [1.54, 1.807) is 0 Å². The van der Waals surface area contributed by atoms with E-state index in [0.717, 1.165) is 23.1 Å². The third-order valence-electron chi connectivity index (χ3n) is 3.23. The molecule has 1 saturated carbocycles. The van der Waals surface area contributed by atoms with E-state index in [1.807, 2.05) is 11.0 Å². The van der Waals surface area contributed by atoms with Crippen LogP contribution in [0.25, 0.3) is 0 Å². The van der Waals surface area contributed by atoms with Gasteiger partial charge in [0.15, 0.2) is 4.67 Å². The number of hydrogen-bond donors (Lipinski definition) is 1. The van der Waals surface area contributed by atoms with Crippen molar-refractivity contribution in [3.8, 4) is 0 Å². The fourth-order valence-electron chi connectivity index (χ4n) is 2.43. The zero-order valence-electron chi connectivity index (χ0n) is 9.86. The summed E-state index contributed by atoms with van der Waals surface area (Å²) >= 11 is 6.66. The van der Waals surface area contributed by atoms with Crippen LogP contribution in [0, 0.1) is 0 Å². The molecule has 0 radical (unpaired) electrons. The van der Waals surface area contributed by atoms with Crippen LogP contribution in [0.4, 0.5) is 0 Å². The van der Waals surface area contributed by atoms with Gasteiger partial charge in [0.2, 0.25) is 0 Å². The average Bonchev–Trinajstić information content (AvgIpc) is 2.88. The molecule has 1 aliphatic carbocycles. The number of furan rings is 1. The first kappa shape index (κ1) is 14.1. The fraction of sp³-hybridized carbons (Fsp3) is 0.583. The highest BCUT2D eigenvalue weighted by Crippen LogP contribution is 2.29. The van der Waals surface area contributed by atoms with Crippen LogP contribution in [0.5, 0.6) is 0 Å². The van der Waals surface area contributed by atoms with E-state index in [2.05, 4.69) is 31.9 Å². The summed E-state index contributed by atoms with van der Waals surface area (Å²) in [4.78, 5) is 12.9. The first-order chi connectivity index (χ1) is 8.56. The second kappa shape index (κ2) is 6.21. The number of carboxylic acid groups (broad SMARTS) is 1. The van der Waals surface area contributed by atoms with Gasteiger partial charge in [0.1, 0.15) is 5.76 Å². The van der Waals surface area contributed by atoms with E-state index in [0.29, 0.717) is 17.3 Å². The van der Waals surface area contributed by atoms with Gasteiger partial charge in [-0.3, -0.25) is 9.69 Å². The molecule has 2 rings (SSSR count). The second-order valence-electron chi connectivity index (χ2n) is 4.57. The summed E-state index contributed by atoms with van der Waals surface area (Å²) in [6.45, 7) is 0.613. The van der Waals surface area contributed by atoms with Crippen molar-refractivity contribution >= 4 is 37.8 Å². The Hall–Kier alpha value is -0.330. The Bertz CT molecular complexity index is 407. The molecule has 0 aliphatic heterocycles. The van der Waals surface area contributed by atoms with Crippen molar-refractivity contribution in [3.05, 3.63) is 21.0 Å². The molecule has 0 saturated heterocycles. The van der Waals surface area contributed by atoms with E-state index >= 15 is 0 Å². The topological polar surface area (TPSA) is 53.7 Å². The van der Waals surface area contributed by atoms with E-state index < -0.39 is 5.97 Å². The highest BCUT2D eigenvalue weighted by molar-refractivity contribution is 9.13. The van der Waals surface area contributed by atoms with Crippen molar-refractivity contribution in [3.63, 3.8) is 0 Å². The average molecular weight is 381 g/mol. The second-order valence-corrected chi connectivity index (χ2v) is 6.15. The molecule has 4 nitrogen and oxygen atoms in total. The minimum absolute atomic E-state index is 0.0700. The first-order valence-electron chi connectivity index (χ1n) is 5.96. The molecule has 0 aromatic carbocycles. The molecule has 18 heavy (non-hydrogen) atoms. The van der Waals surface area contributed by atoms with Gasteiger partial charge in [-0.15, -0.1) is 0 Å². The Labute approximate surface area is 123 Å². The summed E-state index contributed by atoms with van der Waals surface area (Å²) in [5.41, 5.74) is 0. The zero-order chi connectivity index (χ0) is 13.1. The maximum atomic E-state index is 10.9. The summed E-state index contributed by atoms with van der Waals surface area (Å²) in [5.74, 6) is -0.00603. The monoisotopic (exact) mass is 379 g/mol. The Kier molecular flexibility index (Phi) is 4.86. The Morgan fingerprint density at radius 3 is 2.61 bits per heavy atom. The fourth-order valence-corrected chi connectivity index (χ4v) is 3.09. The number of carbonyl (C=O) groups is 1. The molecule has 0 atom stereocenters. The number of carboxylic acids is 1. The summed E-state index contributed by atoms with van der Waals surface area (Å²) in [7, 11) is 0. The smallest absolute Gasteiger partial charge is 0.317 e. The van der Waals surface area contributed by atoms with Crippen molar-refractivity contribution in [2.24, 2.45) is 0 Å².